The predicted octanol–water partition coefficient (Wildman–Crippen LogP) is 1.45. The molecular weight excluding hydrogens is 280 g/mol. The molecule has 1 aromatic carbocycles. The number of carbonyl (C=O) groups excluding carboxylic acids is 1. The zero-order valence-corrected chi connectivity index (χ0v) is 11.9. The molecule has 0 aliphatic carbocycles. The number of nitriles is 1. The number of hydrogen-bond acceptors (Lipinski definition) is 5. The van der Waals surface area contributed by atoms with Gasteiger partial charge < -0.3 is 4.74 Å². The van der Waals surface area contributed by atoms with Crippen LogP contribution in [-0.4, -0.2) is 26.7 Å². The van der Waals surface area contributed by atoms with Crippen LogP contribution in [0.15, 0.2) is 24.3 Å². The van der Waals surface area contributed by atoms with Crippen LogP contribution in [0.1, 0.15) is 18.9 Å². The van der Waals surface area contributed by atoms with Gasteiger partial charge in [0.2, 0.25) is 10.0 Å². The highest BCUT2D eigenvalue weighted by Gasteiger charge is 2.14. The molecule has 0 saturated carbocycles. The van der Waals surface area contributed by atoms with E-state index in [1.807, 2.05) is 6.07 Å². The molecular formula is C13H16N2O4S. The van der Waals surface area contributed by atoms with E-state index in [1.165, 1.54) is 0 Å². The first-order valence-corrected chi connectivity index (χ1v) is 7.74. The molecule has 0 radical (unpaired) electrons. The Morgan fingerprint density at radius 2 is 2.00 bits per heavy atom. The first kappa shape index (κ1) is 16.0. The second-order valence-corrected chi connectivity index (χ2v) is 5.85. The minimum Gasteiger partial charge on any atom is -0.466 e. The Kier molecular flexibility index (Phi) is 6.00. The number of sulfonamides is 1. The highest BCUT2D eigenvalue weighted by molar-refractivity contribution is 7.92. The van der Waals surface area contributed by atoms with Crippen LogP contribution in [0.5, 0.6) is 0 Å². The van der Waals surface area contributed by atoms with E-state index < -0.39 is 16.0 Å². The van der Waals surface area contributed by atoms with Crippen molar-refractivity contribution in [3.63, 3.8) is 0 Å². The largest absolute Gasteiger partial charge is 0.466 e. The van der Waals surface area contributed by atoms with Gasteiger partial charge in [0.1, 0.15) is 0 Å². The molecule has 0 aromatic heterocycles. The lowest BCUT2D eigenvalue weighted by molar-refractivity contribution is -0.142. The topological polar surface area (TPSA) is 96.3 Å². The summed E-state index contributed by atoms with van der Waals surface area (Å²) in [6, 6.07) is 8.51. The van der Waals surface area contributed by atoms with Gasteiger partial charge in [-0.2, -0.15) is 5.26 Å². The van der Waals surface area contributed by atoms with Gasteiger partial charge in [0.05, 0.1) is 31.3 Å². The molecule has 1 rings (SSSR count). The van der Waals surface area contributed by atoms with Crippen molar-refractivity contribution >= 4 is 21.7 Å². The lowest BCUT2D eigenvalue weighted by atomic mass is 10.1. The average Bonchev–Trinajstić information content (AvgIpc) is 2.39. The molecule has 0 aliphatic heterocycles. The molecule has 20 heavy (non-hydrogen) atoms. The summed E-state index contributed by atoms with van der Waals surface area (Å²) >= 11 is 0. The van der Waals surface area contributed by atoms with Gasteiger partial charge in [0.15, 0.2) is 0 Å². The van der Waals surface area contributed by atoms with Crippen LogP contribution in [0.2, 0.25) is 0 Å². The Morgan fingerprint density at radius 3 is 2.55 bits per heavy atom. The van der Waals surface area contributed by atoms with Crippen molar-refractivity contribution in [3.8, 4) is 6.07 Å². The van der Waals surface area contributed by atoms with Crippen molar-refractivity contribution < 1.29 is 17.9 Å². The zero-order chi connectivity index (χ0) is 15.0. The molecule has 108 valence electrons. The highest BCUT2D eigenvalue weighted by Crippen LogP contribution is 2.12. The first-order chi connectivity index (χ1) is 9.46. The third-order valence-corrected chi connectivity index (χ3v) is 3.68. The smallest absolute Gasteiger partial charge is 0.306 e. The predicted molar refractivity (Wildman–Crippen MR) is 74.4 cm³/mol. The summed E-state index contributed by atoms with van der Waals surface area (Å²) in [6.07, 6.45) is 0.0889. The van der Waals surface area contributed by atoms with E-state index in [1.54, 1.807) is 31.2 Å². The number of rotatable bonds is 7. The van der Waals surface area contributed by atoms with Crippen LogP contribution in [0.4, 0.5) is 5.69 Å². The maximum Gasteiger partial charge on any atom is 0.306 e. The van der Waals surface area contributed by atoms with Crippen LogP contribution < -0.4 is 4.72 Å². The zero-order valence-electron chi connectivity index (χ0n) is 11.1. The molecule has 0 aliphatic rings. The normalized spacial score (nSPS) is 10.6. The Morgan fingerprint density at radius 1 is 1.35 bits per heavy atom. The van der Waals surface area contributed by atoms with Crippen LogP contribution in [-0.2, 0) is 26.0 Å². The molecule has 7 heteroatoms. The van der Waals surface area contributed by atoms with Crippen molar-refractivity contribution in [3.05, 3.63) is 29.8 Å². The quantitative estimate of drug-likeness (QED) is 0.768. The van der Waals surface area contributed by atoms with Crippen LogP contribution in [0, 0.1) is 11.3 Å². The summed E-state index contributed by atoms with van der Waals surface area (Å²) in [5.41, 5.74) is 1.21. The molecule has 6 nitrogen and oxygen atoms in total. The minimum absolute atomic E-state index is 0.185. The molecule has 0 saturated heterocycles. The first-order valence-electron chi connectivity index (χ1n) is 6.09. The average molecular weight is 296 g/mol. The maximum absolute atomic E-state index is 11.7. The molecule has 0 unspecified atom stereocenters. The molecule has 0 bridgehead atoms. The third kappa shape index (κ3) is 5.71. The van der Waals surface area contributed by atoms with Gasteiger partial charge in [-0.05, 0) is 24.6 Å². The number of carbonyl (C=O) groups is 1. The maximum atomic E-state index is 11.7. The summed E-state index contributed by atoms with van der Waals surface area (Å²) in [6.45, 7) is 1.89. The van der Waals surface area contributed by atoms with Gasteiger partial charge in [0, 0.05) is 5.69 Å². The number of ether oxygens (including phenoxy) is 1. The number of esters is 1. The summed E-state index contributed by atoms with van der Waals surface area (Å²) in [5, 5.41) is 8.54. The molecule has 0 heterocycles. The Balaban J connectivity index is 2.57. The number of nitrogens with one attached hydrogen (secondary N) is 1. The monoisotopic (exact) mass is 296 g/mol. The van der Waals surface area contributed by atoms with E-state index in [0.717, 1.165) is 5.56 Å². The molecule has 0 spiro atoms. The van der Waals surface area contributed by atoms with Gasteiger partial charge in [-0.3, -0.25) is 9.52 Å². The Hall–Kier alpha value is -2.07. The van der Waals surface area contributed by atoms with Gasteiger partial charge in [-0.1, -0.05) is 12.1 Å². The van der Waals surface area contributed by atoms with Crippen molar-refractivity contribution in [1.82, 2.24) is 0 Å². The fourth-order valence-corrected chi connectivity index (χ4v) is 2.50. The van der Waals surface area contributed by atoms with Crippen molar-refractivity contribution in [2.24, 2.45) is 0 Å². The van der Waals surface area contributed by atoms with E-state index in [0.29, 0.717) is 5.69 Å². The number of hydrogen-bond donors (Lipinski definition) is 1. The Labute approximate surface area is 118 Å². The van der Waals surface area contributed by atoms with Crippen molar-refractivity contribution in [2.45, 2.75) is 19.8 Å². The third-order valence-electron chi connectivity index (χ3n) is 2.39. The molecule has 0 amide bonds. The van der Waals surface area contributed by atoms with Crippen molar-refractivity contribution in [2.75, 3.05) is 17.1 Å². The van der Waals surface area contributed by atoms with Crippen LogP contribution in [0.25, 0.3) is 0 Å². The molecule has 1 N–H and O–H groups in total. The summed E-state index contributed by atoms with van der Waals surface area (Å²) in [4.78, 5) is 11.1. The number of nitrogens with zero attached hydrogens (tertiary/aromatic N) is 1. The highest BCUT2D eigenvalue weighted by atomic mass is 32.2. The second-order valence-electron chi connectivity index (χ2n) is 4.01. The van der Waals surface area contributed by atoms with Crippen LogP contribution in [0.3, 0.4) is 0 Å². The summed E-state index contributed by atoms with van der Waals surface area (Å²) < 4.78 is 30.5. The fraction of sp³-hybridized carbons (Fsp3) is 0.385. The van der Waals surface area contributed by atoms with Gasteiger partial charge in [-0.25, -0.2) is 8.42 Å². The summed E-state index contributed by atoms with van der Waals surface area (Å²) in [7, 11) is -3.59. The standard InChI is InChI=1S/C13H16N2O4S/c1-2-19-13(16)8-10-20(17,18)15-12-5-3-11(4-6-12)7-9-14/h3-6,15H,2,7-8,10H2,1H3. The molecule has 0 fully saturated rings. The lowest BCUT2D eigenvalue weighted by Gasteiger charge is -2.08. The van der Waals surface area contributed by atoms with Crippen molar-refractivity contribution in [1.29, 1.82) is 5.26 Å². The fourth-order valence-electron chi connectivity index (χ4n) is 1.46. The van der Waals surface area contributed by atoms with Gasteiger partial charge >= 0.3 is 5.97 Å². The Bertz CT molecular complexity index is 588. The molecule has 1 aromatic rings. The number of benzene rings is 1. The number of anilines is 1. The van der Waals surface area contributed by atoms with E-state index in [-0.39, 0.29) is 25.2 Å². The molecule has 0 atom stereocenters. The van der Waals surface area contributed by atoms with E-state index >= 15 is 0 Å². The van der Waals surface area contributed by atoms with Gasteiger partial charge in [-0.15, -0.1) is 0 Å². The lowest BCUT2D eigenvalue weighted by Crippen LogP contribution is -2.19. The second kappa shape index (κ2) is 7.50. The summed E-state index contributed by atoms with van der Waals surface area (Å²) in [5.74, 6) is -0.867. The van der Waals surface area contributed by atoms with Gasteiger partial charge in [0.25, 0.3) is 0 Å². The SMILES string of the molecule is CCOC(=O)CCS(=O)(=O)Nc1ccc(CC#N)cc1. The van der Waals surface area contributed by atoms with Crippen LogP contribution >= 0.6 is 0 Å². The van der Waals surface area contributed by atoms with E-state index in [2.05, 4.69) is 9.46 Å². The van der Waals surface area contributed by atoms with E-state index in [9.17, 15) is 13.2 Å². The minimum atomic E-state index is -3.59. The van der Waals surface area contributed by atoms with E-state index in [4.69, 9.17) is 5.26 Å².